The monoisotopic (exact) mass is 322 g/mol. The lowest BCUT2D eigenvalue weighted by atomic mass is 10.1. The van der Waals surface area contributed by atoms with Gasteiger partial charge in [0.05, 0.1) is 11.4 Å². The van der Waals surface area contributed by atoms with Gasteiger partial charge >= 0.3 is 0 Å². The Kier molecular flexibility index (Phi) is 3.66. The molecule has 0 atom stereocenters. The van der Waals surface area contributed by atoms with Gasteiger partial charge in [0.15, 0.2) is 0 Å². The van der Waals surface area contributed by atoms with Crippen molar-refractivity contribution in [3.8, 4) is 0 Å². The second-order valence-electron chi connectivity index (χ2n) is 3.95. The van der Waals surface area contributed by atoms with Crippen molar-refractivity contribution in [1.82, 2.24) is 10.2 Å². The molecule has 7 heteroatoms. The van der Waals surface area contributed by atoms with Crippen molar-refractivity contribution in [2.24, 2.45) is 0 Å². The predicted molar refractivity (Wildman–Crippen MR) is 76.1 cm³/mol. The number of rotatable bonds is 2. The number of halogens is 1. The van der Waals surface area contributed by atoms with Gasteiger partial charge in [0.2, 0.25) is 0 Å². The molecule has 0 bridgehead atoms. The average molecular weight is 323 g/mol. The quantitative estimate of drug-likeness (QED) is 0.732. The minimum Gasteiger partial charge on any atom is -0.397 e. The number of hydrogen-bond donors (Lipinski definition) is 3. The summed E-state index contributed by atoms with van der Waals surface area (Å²) in [4.78, 5) is 22.8. The Balaban J connectivity index is 2.29. The number of hydrogen-bond acceptors (Lipinski definition) is 4. The molecule has 1 amide bonds. The van der Waals surface area contributed by atoms with E-state index in [2.05, 4.69) is 31.4 Å². The molecule has 4 N–H and O–H groups in total. The van der Waals surface area contributed by atoms with Crippen LogP contribution in [0, 0.1) is 6.92 Å². The van der Waals surface area contributed by atoms with Crippen molar-refractivity contribution in [3.63, 3.8) is 0 Å². The number of nitrogens with one attached hydrogen (secondary N) is 2. The third-order valence-electron chi connectivity index (χ3n) is 2.48. The second kappa shape index (κ2) is 5.23. The highest BCUT2D eigenvalue weighted by Crippen LogP contribution is 2.27. The van der Waals surface area contributed by atoms with Crippen LogP contribution in [-0.2, 0) is 0 Å². The number of H-pyrrole nitrogens is 1. The third-order valence-corrected chi connectivity index (χ3v) is 2.94. The number of amides is 1. The van der Waals surface area contributed by atoms with Gasteiger partial charge in [-0.05, 0) is 30.7 Å². The minimum absolute atomic E-state index is 0.112. The Bertz CT molecular complexity index is 653. The number of carbonyl (C=O) groups is 1. The lowest BCUT2D eigenvalue weighted by Gasteiger charge is -2.11. The Labute approximate surface area is 117 Å². The lowest BCUT2D eigenvalue weighted by molar-refractivity contribution is 0.102. The zero-order valence-electron chi connectivity index (χ0n) is 10.0. The Morgan fingerprint density at radius 3 is 2.74 bits per heavy atom. The number of nitrogens with two attached hydrogens (primary N) is 1. The number of carbonyl (C=O) groups excluding carboxylic acids is 1. The van der Waals surface area contributed by atoms with Crippen molar-refractivity contribution in [2.45, 2.75) is 6.92 Å². The molecule has 0 aliphatic rings. The summed E-state index contributed by atoms with van der Waals surface area (Å²) in [5, 5.41) is 8.52. The molecule has 2 rings (SSSR count). The van der Waals surface area contributed by atoms with Gasteiger partial charge in [-0.25, -0.2) is 5.10 Å². The summed E-state index contributed by atoms with van der Waals surface area (Å²) in [6, 6.07) is 6.12. The summed E-state index contributed by atoms with van der Waals surface area (Å²) in [6.45, 7) is 1.83. The number of aryl methyl sites for hydroxylation is 1. The molecule has 0 spiro atoms. The number of nitrogen functional groups attached to an aromatic ring is 1. The molecule has 6 nitrogen and oxygen atoms in total. The number of aromatic nitrogens is 2. The van der Waals surface area contributed by atoms with E-state index in [9.17, 15) is 9.59 Å². The van der Waals surface area contributed by atoms with Gasteiger partial charge in [0.1, 0.15) is 5.69 Å². The van der Waals surface area contributed by atoms with Crippen LogP contribution in [0.5, 0.6) is 0 Å². The molecule has 98 valence electrons. The minimum atomic E-state index is -0.437. The third kappa shape index (κ3) is 3.00. The molecule has 2 aromatic rings. The van der Waals surface area contributed by atoms with Crippen LogP contribution in [-0.4, -0.2) is 16.1 Å². The predicted octanol–water partition coefficient (Wildman–Crippen LogP) is 1.68. The number of aromatic amines is 1. The zero-order valence-corrected chi connectivity index (χ0v) is 11.6. The summed E-state index contributed by atoms with van der Waals surface area (Å²) in [6.07, 6.45) is 0. The first kappa shape index (κ1) is 13.3. The lowest BCUT2D eigenvalue weighted by Crippen LogP contribution is -2.18. The number of anilines is 2. The molecule has 19 heavy (non-hydrogen) atoms. The fraction of sp³-hybridized carbons (Fsp3) is 0.0833. The molecule has 1 aromatic carbocycles. The normalized spacial score (nSPS) is 10.2. The van der Waals surface area contributed by atoms with Gasteiger partial charge in [0.25, 0.3) is 11.5 Å². The van der Waals surface area contributed by atoms with Crippen molar-refractivity contribution in [1.29, 1.82) is 0 Å². The molecule has 1 heterocycles. The van der Waals surface area contributed by atoms with Crippen LogP contribution < -0.4 is 16.6 Å². The maximum absolute atomic E-state index is 12.0. The molecule has 0 saturated carbocycles. The van der Waals surface area contributed by atoms with Crippen LogP contribution in [0.2, 0.25) is 0 Å². The highest BCUT2D eigenvalue weighted by Gasteiger charge is 2.12. The van der Waals surface area contributed by atoms with Gasteiger partial charge in [-0.15, -0.1) is 0 Å². The van der Waals surface area contributed by atoms with Gasteiger partial charge < -0.3 is 11.1 Å². The first-order chi connectivity index (χ1) is 8.97. The largest absolute Gasteiger partial charge is 0.397 e. The van der Waals surface area contributed by atoms with E-state index in [-0.39, 0.29) is 11.3 Å². The summed E-state index contributed by atoms with van der Waals surface area (Å²) >= 11 is 3.32. The molecule has 0 radical (unpaired) electrons. The van der Waals surface area contributed by atoms with Gasteiger partial charge in [0, 0.05) is 10.5 Å². The van der Waals surface area contributed by atoms with Crippen LogP contribution in [0.1, 0.15) is 16.1 Å². The van der Waals surface area contributed by atoms with E-state index >= 15 is 0 Å². The molecule has 0 saturated heterocycles. The highest BCUT2D eigenvalue weighted by molar-refractivity contribution is 9.10. The first-order valence-electron chi connectivity index (χ1n) is 5.40. The fourth-order valence-electron chi connectivity index (χ4n) is 1.59. The van der Waals surface area contributed by atoms with E-state index < -0.39 is 5.91 Å². The SMILES string of the molecule is Cc1cc(Br)cc(N)c1NC(=O)c1ccc(=O)[nH]n1. The van der Waals surface area contributed by atoms with Crippen molar-refractivity contribution >= 4 is 33.2 Å². The van der Waals surface area contributed by atoms with Crippen molar-refractivity contribution < 1.29 is 4.79 Å². The molecule has 0 aliphatic carbocycles. The number of benzene rings is 1. The van der Waals surface area contributed by atoms with E-state index in [1.807, 2.05) is 13.0 Å². The average Bonchev–Trinajstić information content (AvgIpc) is 2.34. The van der Waals surface area contributed by atoms with Gasteiger partial charge in [-0.1, -0.05) is 15.9 Å². The summed E-state index contributed by atoms with van der Waals surface area (Å²) in [7, 11) is 0. The van der Waals surface area contributed by atoms with Crippen LogP contribution in [0.4, 0.5) is 11.4 Å². The first-order valence-corrected chi connectivity index (χ1v) is 6.19. The van der Waals surface area contributed by atoms with Crippen LogP contribution >= 0.6 is 15.9 Å². The Hall–Kier alpha value is -2.15. The maximum Gasteiger partial charge on any atom is 0.276 e. The van der Waals surface area contributed by atoms with E-state index in [0.717, 1.165) is 10.0 Å². The standard InChI is InChI=1S/C12H11BrN4O2/c1-6-4-7(13)5-8(14)11(6)15-12(19)9-2-3-10(18)17-16-9/h2-5H,14H2,1H3,(H,15,19)(H,17,18). The maximum atomic E-state index is 12.0. The van der Waals surface area contributed by atoms with E-state index in [1.165, 1.54) is 12.1 Å². The summed E-state index contributed by atoms with van der Waals surface area (Å²) in [5.41, 5.74) is 7.40. The zero-order chi connectivity index (χ0) is 14.0. The molecule has 0 aliphatic heterocycles. The second-order valence-corrected chi connectivity index (χ2v) is 4.86. The Morgan fingerprint density at radius 2 is 2.16 bits per heavy atom. The molecule has 0 fully saturated rings. The smallest absolute Gasteiger partial charge is 0.276 e. The molecular weight excluding hydrogens is 312 g/mol. The molecular formula is C12H11BrN4O2. The van der Waals surface area contributed by atoms with E-state index in [1.54, 1.807) is 6.07 Å². The van der Waals surface area contributed by atoms with Crippen molar-refractivity contribution in [3.05, 3.63) is 50.3 Å². The highest BCUT2D eigenvalue weighted by atomic mass is 79.9. The molecule has 0 unspecified atom stereocenters. The fourth-order valence-corrected chi connectivity index (χ4v) is 2.18. The summed E-state index contributed by atoms with van der Waals surface area (Å²) in [5.74, 6) is -0.437. The number of nitrogens with zero attached hydrogens (tertiary/aromatic N) is 1. The Morgan fingerprint density at radius 1 is 1.42 bits per heavy atom. The van der Waals surface area contributed by atoms with Crippen LogP contribution in [0.15, 0.2) is 33.5 Å². The van der Waals surface area contributed by atoms with Crippen LogP contribution in [0.3, 0.4) is 0 Å². The van der Waals surface area contributed by atoms with E-state index in [0.29, 0.717) is 11.4 Å². The van der Waals surface area contributed by atoms with Crippen molar-refractivity contribution in [2.75, 3.05) is 11.1 Å². The van der Waals surface area contributed by atoms with Gasteiger partial charge in [-0.2, -0.15) is 5.10 Å². The van der Waals surface area contributed by atoms with Gasteiger partial charge in [-0.3, -0.25) is 9.59 Å². The van der Waals surface area contributed by atoms with Crippen LogP contribution in [0.25, 0.3) is 0 Å². The molecule has 1 aromatic heterocycles. The van der Waals surface area contributed by atoms with E-state index in [4.69, 9.17) is 5.73 Å². The summed E-state index contributed by atoms with van der Waals surface area (Å²) < 4.78 is 0.836. The topological polar surface area (TPSA) is 101 Å².